The summed E-state index contributed by atoms with van der Waals surface area (Å²) in [5, 5.41) is 8.45. The molecule has 0 radical (unpaired) electrons. The maximum absolute atomic E-state index is 11.2. The molecule has 1 atom stereocenters. The van der Waals surface area contributed by atoms with Crippen molar-refractivity contribution in [2.24, 2.45) is 0 Å². The minimum Gasteiger partial charge on any atom is -0.314 e. The Bertz CT molecular complexity index is 613. The molecule has 1 aliphatic heterocycles. The first-order valence-electron chi connectivity index (χ1n) is 8.29. The molecule has 7 nitrogen and oxygen atoms in total. The minimum absolute atomic E-state index is 0.281. The van der Waals surface area contributed by atoms with E-state index in [0.717, 1.165) is 57.2 Å². The smallest absolute Gasteiger partial charge is 0.147 e. The highest BCUT2D eigenvalue weighted by molar-refractivity contribution is 7.90. The Morgan fingerprint density at radius 2 is 2.09 bits per heavy atom. The molecule has 132 valence electrons. The summed E-state index contributed by atoms with van der Waals surface area (Å²) in [6, 6.07) is 0.496. The molecular formula is C15H29N5O2S. The van der Waals surface area contributed by atoms with Crippen LogP contribution in [0.5, 0.6) is 0 Å². The molecule has 23 heavy (non-hydrogen) atoms. The number of hydrogen-bond donors (Lipinski definition) is 0. The van der Waals surface area contributed by atoms with Crippen LogP contribution < -0.4 is 0 Å². The summed E-state index contributed by atoms with van der Waals surface area (Å²) in [7, 11) is -0.713. The molecule has 1 aromatic heterocycles. The van der Waals surface area contributed by atoms with E-state index in [1.165, 1.54) is 6.26 Å². The zero-order valence-electron chi connectivity index (χ0n) is 14.7. The molecular weight excluding hydrogens is 314 g/mol. The molecule has 1 saturated heterocycles. The second kappa shape index (κ2) is 7.72. The van der Waals surface area contributed by atoms with Gasteiger partial charge in [-0.05, 0) is 46.8 Å². The lowest BCUT2D eigenvalue weighted by molar-refractivity contribution is 0.218. The van der Waals surface area contributed by atoms with Crippen LogP contribution in [0.25, 0.3) is 0 Å². The van der Waals surface area contributed by atoms with Gasteiger partial charge in [-0.15, -0.1) is 10.2 Å². The van der Waals surface area contributed by atoms with E-state index in [1.54, 1.807) is 0 Å². The Hall–Kier alpha value is -0.990. The number of aromatic nitrogens is 3. The number of likely N-dealkylation sites (tertiary alicyclic amines) is 1. The number of nitrogens with zero attached hydrogens (tertiary/aromatic N) is 5. The average Bonchev–Trinajstić information content (AvgIpc) is 3.05. The highest BCUT2D eigenvalue weighted by Gasteiger charge is 2.26. The summed E-state index contributed by atoms with van der Waals surface area (Å²) in [5.41, 5.74) is 0. The molecule has 0 aromatic carbocycles. The fourth-order valence-corrected chi connectivity index (χ4v) is 3.88. The first-order valence-corrected chi connectivity index (χ1v) is 10.3. The van der Waals surface area contributed by atoms with Crippen molar-refractivity contribution < 1.29 is 8.42 Å². The van der Waals surface area contributed by atoms with Crippen molar-refractivity contribution in [3.8, 4) is 0 Å². The predicted octanol–water partition coefficient (Wildman–Crippen LogP) is 0.547. The third kappa shape index (κ3) is 5.26. The van der Waals surface area contributed by atoms with Gasteiger partial charge in [0.1, 0.15) is 21.5 Å². The van der Waals surface area contributed by atoms with E-state index in [-0.39, 0.29) is 5.75 Å². The first-order chi connectivity index (χ1) is 10.8. The van der Waals surface area contributed by atoms with Crippen LogP contribution in [0.4, 0.5) is 0 Å². The van der Waals surface area contributed by atoms with E-state index in [4.69, 9.17) is 0 Å². The van der Waals surface area contributed by atoms with E-state index in [2.05, 4.69) is 38.5 Å². The number of hydrogen-bond acceptors (Lipinski definition) is 6. The molecule has 0 N–H and O–H groups in total. The maximum Gasteiger partial charge on any atom is 0.147 e. The SMILES string of the molecule is CCn1c(C)nnc1CN(C)[C@H]1CCN(CCCS(C)(=O)=O)C1. The van der Waals surface area contributed by atoms with Crippen LogP contribution >= 0.6 is 0 Å². The molecule has 0 aliphatic carbocycles. The van der Waals surface area contributed by atoms with Gasteiger partial charge >= 0.3 is 0 Å². The second-order valence-corrected chi connectivity index (χ2v) is 8.81. The van der Waals surface area contributed by atoms with Crippen LogP contribution in [-0.4, -0.2) is 77.7 Å². The van der Waals surface area contributed by atoms with Crippen molar-refractivity contribution in [3.63, 3.8) is 0 Å². The van der Waals surface area contributed by atoms with Gasteiger partial charge in [0.05, 0.1) is 12.3 Å². The Morgan fingerprint density at radius 1 is 1.35 bits per heavy atom. The summed E-state index contributed by atoms with van der Waals surface area (Å²) >= 11 is 0. The van der Waals surface area contributed by atoms with Crippen molar-refractivity contribution in [1.29, 1.82) is 0 Å². The first kappa shape index (κ1) is 18.4. The lowest BCUT2D eigenvalue weighted by atomic mass is 10.2. The van der Waals surface area contributed by atoms with Crippen molar-refractivity contribution in [1.82, 2.24) is 24.6 Å². The quantitative estimate of drug-likeness (QED) is 0.686. The van der Waals surface area contributed by atoms with Gasteiger partial charge < -0.3 is 9.47 Å². The van der Waals surface area contributed by atoms with E-state index in [0.29, 0.717) is 6.04 Å². The number of rotatable bonds is 8. The topological polar surface area (TPSA) is 71.3 Å². The van der Waals surface area contributed by atoms with Crippen LogP contribution in [0.15, 0.2) is 0 Å². The molecule has 0 unspecified atom stereocenters. The van der Waals surface area contributed by atoms with Gasteiger partial charge in [-0.25, -0.2) is 8.42 Å². The predicted molar refractivity (Wildman–Crippen MR) is 91.1 cm³/mol. The summed E-state index contributed by atoms with van der Waals surface area (Å²) in [4.78, 5) is 4.70. The molecule has 1 aliphatic rings. The van der Waals surface area contributed by atoms with E-state index < -0.39 is 9.84 Å². The molecule has 0 bridgehead atoms. The van der Waals surface area contributed by atoms with Crippen molar-refractivity contribution in [2.45, 2.75) is 45.8 Å². The Labute approximate surface area is 139 Å². The Morgan fingerprint density at radius 3 is 2.74 bits per heavy atom. The van der Waals surface area contributed by atoms with Gasteiger partial charge in [0.25, 0.3) is 0 Å². The molecule has 8 heteroatoms. The molecule has 0 amide bonds. The van der Waals surface area contributed by atoms with Gasteiger partial charge in [0.15, 0.2) is 0 Å². The van der Waals surface area contributed by atoms with Crippen LogP contribution in [-0.2, 0) is 22.9 Å². The van der Waals surface area contributed by atoms with Gasteiger partial charge in [-0.3, -0.25) is 4.90 Å². The summed E-state index contributed by atoms with van der Waals surface area (Å²) in [6.07, 6.45) is 3.15. The molecule has 0 spiro atoms. The number of likely N-dealkylation sites (N-methyl/N-ethyl adjacent to an activating group) is 1. The highest BCUT2D eigenvalue weighted by Crippen LogP contribution is 2.17. The maximum atomic E-state index is 11.2. The normalized spacial score (nSPS) is 19.8. The van der Waals surface area contributed by atoms with E-state index >= 15 is 0 Å². The van der Waals surface area contributed by atoms with Crippen LogP contribution in [0.3, 0.4) is 0 Å². The van der Waals surface area contributed by atoms with Gasteiger partial charge in [0.2, 0.25) is 0 Å². The Balaban J connectivity index is 1.81. The summed E-state index contributed by atoms with van der Waals surface area (Å²) in [5.74, 6) is 2.26. The average molecular weight is 343 g/mol. The molecule has 1 fully saturated rings. The molecule has 0 saturated carbocycles. The minimum atomic E-state index is -2.85. The van der Waals surface area contributed by atoms with Crippen LogP contribution in [0, 0.1) is 6.92 Å². The van der Waals surface area contributed by atoms with Crippen LogP contribution in [0.1, 0.15) is 31.4 Å². The van der Waals surface area contributed by atoms with Crippen molar-refractivity contribution >= 4 is 9.84 Å². The zero-order valence-corrected chi connectivity index (χ0v) is 15.5. The van der Waals surface area contributed by atoms with Gasteiger partial charge in [-0.1, -0.05) is 0 Å². The van der Waals surface area contributed by atoms with E-state index in [1.807, 2.05) is 6.92 Å². The highest BCUT2D eigenvalue weighted by atomic mass is 32.2. The van der Waals surface area contributed by atoms with Gasteiger partial charge in [-0.2, -0.15) is 0 Å². The lowest BCUT2D eigenvalue weighted by Gasteiger charge is -2.24. The van der Waals surface area contributed by atoms with E-state index in [9.17, 15) is 8.42 Å². The summed E-state index contributed by atoms with van der Waals surface area (Å²) in [6.45, 7) is 8.69. The third-order valence-electron chi connectivity index (χ3n) is 4.58. The molecule has 1 aromatic rings. The lowest BCUT2D eigenvalue weighted by Crippen LogP contribution is -2.35. The fraction of sp³-hybridized carbons (Fsp3) is 0.867. The van der Waals surface area contributed by atoms with Crippen molar-refractivity contribution in [3.05, 3.63) is 11.6 Å². The standard InChI is InChI=1S/C15H29N5O2S/c1-5-20-13(2)16-17-15(20)12-18(3)14-7-9-19(11-14)8-6-10-23(4,21)22/h14H,5-12H2,1-4H3/t14-/m0/s1. The van der Waals surface area contributed by atoms with Gasteiger partial charge in [0, 0.05) is 25.4 Å². The number of aryl methyl sites for hydroxylation is 1. The third-order valence-corrected chi connectivity index (χ3v) is 5.61. The number of sulfone groups is 1. The second-order valence-electron chi connectivity index (χ2n) is 6.55. The monoisotopic (exact) mass is 343 g/mol. The summed E-state index contributed by atoms with van der Waals surface area (Å²) < 4.78 is 24.6. The molecule has 2 rings (SSSR count). The fourth-order valence-electron chi connectivity index (χ4n) is 3.23. The van der Waals surface area contributed by atoms with Crippen LogP contribution in [0.2, 0.25) is 0 Å². The zero-order chi connectivity index (χ0) is 17.0. The Kier molecular flexibility index (Phi) is 6.16. The molecule has 2 heterocycles. The largest absolute Gasteiger partial charge is 0.314 e. The van der Waals surface area contributed by atoms with Crippen molar-refractivity contribution in [2.75, 3.05) is 38.7 Å².